The van der Waals surface area contributed by atoms with Gasteiger partial charge >= 0.3 is 0 Å². The molecule has 2 fully saturated rings. The van der Waals surface area contributed by atoms with Crippen LogP contribution in [0.1, 0.15) is 47.0 Å². The molecule has 1 N–H and O–H groups in total. The fourth-order valence-electron chi connectivity index (χ4n) is 4.14. The molecule has 1 heterocycles. The van der Waals surface area contributed by atoms with Gasteiger partial charge in [0.25, 0.3) is 0 Å². The lowest BCUT2D eigenvalue weighted by Crippen LogP contribution is -2.58. The van der Waals surface area contributed by atoms with Crippen LogP contribution in [0.25, 0.3) is 0 Å². The monoisotopic (exact) mass is 268 g/mol. The minimum Gasteiger partial charge on any atom is -0.391 e. The molecule has 0 spiro atoms. The SMILES string of the molecule is CCC(C)N1CCN(C2C(C)CC(C)CC2O)CC1. The zero-order valence-corrected chi connectivity index (χ0v) is 13.2. The number of hydrogen-bond acceptors (Lipinski definition) is 3. The Morgan fingerprint density at radius 1 is 1.11 bits per heavy atom. The predicted octanol–water partition coefficient (Wildman–Crippen LogP) is 2.20. The zero-order chi connectivity index (χ0) is 14.0. The molecule has 1 aliphatic carbocycles. The molecule has 1 saturated carbocycles. The van der Waals surface area contributed by atoms with E-state index in [0.29, 0.717) is 23.9 Å². The molecule has 5 atom stereocenters. The van der Waals surface area contributed by atoms with Gasteiger partial charge in [-0.1, -0.05) is 20.8 Å². The van der Waals surface area contributed by atoms with Crippen molar-refractivity contribution < 1.29 is 5.11 Å². The van der Waals surface area contributed by atoms with Crippen molar-refractivity contribution in [1.82, 2.24) is 9.80 Å². The third kappa shape index (κ3) is 3.50. The van der Waals surface area contributed by atoms with Gasteiger partial charge in [-0.3, -0.25) is 9.80 Å². The summed E-state index contributed by atoms with van der Waals surface area (Å²) in [4.78, 5) is 5.15. The van der Waals surface area contributed by atoms with Crippen LogP contribution in [-0.4, -0.2) is 59.3 Å². The van der Waals surface area contributed by atoms with E-state index in [1.54, 1.807) is 0 Å². The van der Waals surface area contributed by atoms with Crippen molar-refractivity contribution in [3.05, 3.63) is 0 Å². The molecule has 2 aliphatic rings. The summed E-state index contributed by atoms with van der Waals surface area (Å²) in [5.41, 5.74) is 0. The number of aliphatic hydroxyl groups is 1. The molecule has 0 aromatic heterocycles. The highest BCUT2D eigenvalue weighted by atomic mass is 16.3. The summed E-state index contributed by atoms with van der Waals surface area (Å²) in [6.45, 7) is 13.8. The van der Waals surface area contributed by atoms with Gasteiger partial charge in [-0.05, 0) is 38.0 Å². The number of nitrogens with zero attached hydrogens (tertiary/aromatic N) is 2. The van der Waals surface area contributed by atoms with Gasteiger partial charge in [0, 0.05) is 38.3 Å². The normalized spacial score (nSPS) is 40.3. The molecule has 0 bridgehead atoms. The number of aliphatic hydroxyl groups excluding tert-OH is 1. The molecular weight excluding hydrogens is 236 g/mol. The Morgan fingerprint density at radius 2 is 1.74 bits per heavy atom. The highest BCUT2D eigenvalue weighted by Crippen LogP contribution is 2.32. The van der Waals surface area contributed by atoms with Gasteiger partial charge in [0.15, 0.2) is 0 Å². The Morgan fingerprint density at radius 3 is 2.26 bits per heavy atom. The predicted molar refractivity (Wildman–Crippen MR) is 80.3 cm³/mol. The average Bonchev–Trinajstić information content (AvgIpc) is 2.37. The summed E-state index contributed by atoms with van der Waals surface area (Å²) < 4.78 is 0. The van der Waals surface area contributed by atoms with Crippen molar-refractivity contribution in [2.75, 3.05) is 26.2 Å². The van der Waals surface area contributed by atoms with E-state index in [1.165, 1.54) is 25.9 Å². The maximum Gasteiger partial charge on any atom is 0.0700 e. The standard InChI is InChI=1S/C16H32N2O/c1-5-14(4)17-6-8-18(9-7-17)16-13(3)10-12(2)11-15(16)19/h12-16,19H,5-11H2,1-4H3. The molecule has 0 aromatic rings. The van der Waals surface area contributed by atoms with E-state index in [4.69, 9.17) is 0 Å². The topological polar surface area (TPSA) is 26.7 Å². The van der Waals surface area contributed by atoms with Gasteiger partial charge in [-0.2, -0.15) is 0 Å². The van der Waals surface area contributed by atoms with Gasteiger partial charge in [0.1, 0.15) is 0 Å². The first-order valence-electron chi connectivity index (χ1n) is 8.19. The first-order valence-corrected chi connectivity index (χ1v) is 8.19. The fourth-order valence-corrected chi connectivity index (χ4v) is 4.14. The minimum absolute atomic E-state index is 0.117. The molecular formula is C16H32N2O. The summed E-state index contributed by atoms with van der Waals surface area (Å²) in [6, 6.07) is 1.10. The molecule has 5 unspecified atom stereocenters. The quantitative estimate of drug-likeness (QED) is 0.850. The van der Waals surface area contributed by atoms with Crippen molar-refractivity contribution in [2.24, 2.45) is 11.8 Å². The van der Waals surface area contributed by atoms with E-state index < -0.39 is 0 Å². The third-order valence-corrected chi connectivity index (χ3v) is 5.38. The maximum atomic E-state index is 10.4. The largest absolute Gasteiger partial charge is 0.391 e. The number of hydrogen-bond donors (Lipinski definition) is 1. The van der Waals surface area contributed by atoms with Gasteiger partial charge in [0.05, 0.1) is 6.10 Å². The molecule has 3 heteroatoms. The third-order valence-electron chi connectivity index (χ3n) is 5.38. The summed E-state index contributed by atoms with van der Waals surface area (Å²) in [6.07, 6.45) is 3.38. The summed E-state index contributed by atoms with van der Waals surface area (Å²) >= 11 is 0. The van der Waals surface area contributed by atoms with Crippen LogP contribution in [0.15, 0.2) is 0 Å². The van der Waals surface area contributed by atoms with Gasteiger partial charge < -0.3 is 5.11 Å². The second kappa shape index (κ2) is 6.55. The van der Waals surface area contributed by atoms with E-state index in [2.05, 4.69) is 37.5 Å². The van der Waals surface area contributed by atoms with Crippen LogP contribution in [0.2, 0.25) is 0 Å². The molecule has 0 radical (unpaired) electrons. The molecule has 1 aliphatic heterocycles. The second-order valence-electron chi connectivity index (χ2n) is 6.94. The molecule has 0 aromatic carbocycles. The minimum atomic E-state index is -0.117. The smallest absolute Gasteiger partial charge is 0.0700 e. The highest BCUT2D eigenvalue weighted by Gasteiger charge is 2.37. The van der Waals surface area contributed by atoms with Gasteiger partial charge in [0.2, 0.25) is 0 Å². The van der Waals surface area contributed by atoms with Crippen molar-refractivity contribution in [1.29, 1.82) is 0 Å². The molecule has 112 valence electrons. The van der Waals surface area contributed by atoms with Crippen LogP contribution >= 0.6 is 0 Å². The van der Waals surface area contributed by atoms with E-state index in [-0.39, 0.29) is 6.10 Å². The molecule has 3 nitrogen and oxygen atoms in total. The highest BCUT2D eigenvalue weighted by molar-refractivity contribution is 4.92. The molecule has 0 amide bonds. The van der Waals surface area contributed by atoms with Crippen LogP contribution in [0.3, 0.4) is 0 Å². The Balaban J connectivity index is 1.90. The van der Waals surface area contributed by atoms with Crippen molar-refractivity contribution in [2.45, 2.75) is 65.1 Å². The maximum absolute atomic E-state index is 10.4. The molecule has 1 saturated heterocycles. The number of piperazine rings is 1. The van der Waals surface area contributed by atoms with E-state index >= 15 is 0 Å². The fraction of sp³-hybridized carbons (Fsp3) is 1.00. The summed E-state index contributed by atoms with van der Waals surface area (Å²) in [7, 11) is 0. The Labute approximate surface area is 119 Å². The van der Waals surface area contributed by atoms with E-state index in [9.17, 15) is 5.11 Å². The van der Waals surface area contributed by atoms with Gasteiger partial charge in [-0.25, -0.2) is 0 Å². The Kier molecular flexibility index (Phi) is 5.27. The lowest BCUT2D eigenvalue weighted by atomic mass is 9.77. The van der Waals surface area contributed by atoms with Crippen LogP contribution < -0.4 is 0 Å². The lowest BCUT2D eigenvalue weighted by Gasteiger charge is -2.47. The van der Waals surface area contributed by atoms with Crippen LogP contribution in [0, 0.1) is 11.8 Å². The van der Waals surface area contributed by atoms with E-state index in [0.717, 1.165) is 19.5 Å². The summed E-state index contributed by atoms with van der Waals surface area (Å²) in [5, 5.41) is 10.4. The van der Waals surface area contributed by atoms with Crippen LogP contribution in [0.4, 0.5) is 0 Å². The number of rotatable bonds is 3. The Hall–Kier alpha value is -0.120. The van der Waals surface area contributed by atoms with Crippen LogP contribution in [-0.2, 0) is 0 Å². The molecule has 2 rings (SSSR count). The van der Waals surface area contributed by atoms with E-state index in [1.807, 2.05) is 0 Å². The first kappa shape index (κ1) is 15.3. The van der Waals surface area contributed by atoms with Gasteiger partial charge in [-0.15, -0.1) is 0 Å². The lowest BCUT2D eigenvalue weighted by molar-refractivity contribution is -0.0447. The first-order chi connectivity index (χ1) is 9.02. The Bertz CT molecular complexity index is 264. The van der Waals surface area contributed by atoms with Crippen molar-refractivity contribution in [3.8, 4) is 0 Å². The second-order valence-corrected chi connectivity index (χ2v) is 6.94. The van der Waals surface area contributed by atoms with Crippen molar-refractivity contribution >= 4 is 0 Å². The van der Waals surface area contributed by atoms with Crippen LogP contribution in [0.5, 0.6) is 0 Å². The zero-order valence-electron chi connectivity index (χ0n) is 13.2. The summed E-state index contributed by atoms with van der Waals surface area (Å²) in [5.74, 6) is 1.32. The molecule has 19 heavy (non-hydrogen) atoms. The van der Waals surface area contributed by atoms with Crippen molar-refractivity contribution in [3.63, 3.8) is 0 Å². The average molecular weight is 268 g/mol.